The third kappa shape index (κ3) is 3.83. The Balaban J connectivity index is 2.84. The van der Waals surface area contributed by atoms with Crippen LogP contribution in [-0.4, -0.2) is 12.6 Å². The quantitative estimate of drug-likeness (QED) is 0.779. The van der Waals surface area contributed by atoms with Crippen LogP contribution in [0.25, 0.3) is 0 Å². The first kappa shape index (κ1) is 14.7. The van der Waals surface area contributed by atoms with E-state index in [4.69, 9.17) is 10.5 Å². The number of nitrogen functional groups attached to an aromatic ring is 1. The van der Waals surface area contributed by atoms with Crippen molar-refractivity contribution in [2.24, 2.45) is 5.41 Å². The molecule has 0 aromatic heterocycles. The van der Waals surface area contributed by atoms with E-state index in [2.05, 4.69) is 39.9 Å². The van der Waals surface area contributed by atoms with Gasteiger partial charge in [0.15, 0.2) is 0 Å². The van der Waals surface area contributed by atoms with Crippen LogP contribution in [0.5, 0.6) is 5.75 Å². The van der Waals surface area contributed by atoms with E-state index < -0.39 is 0 Å². The lowest BCUT2D eigenvalue weighted by Gasteiger charge is -2.29. The molecule has 1 rings (SSSR count). The first-order valence-electron chi connectivity index (χ1n) is 6.64. The number of anilines is 2. The molecule has 0 saturated heterocycles. The van der Waals surface area contributed by atoms with Crippen LogP contribution in [-0.2, 0) is 0 Å². The Morgan fingerprint density at radius 3 is 2.56 bits per heavy atom. The summed E-state index contributed by atoms with van der Waals surface area (Å²) in [7, 11) is 0. The van der Waals surface area contributed by atoms with Gasteiger partial charge in [0.2, 0.25) is 0 Å². The number of nitrogens with two attached hydrogens (primary N) is 1. The van der Waals surface area contributed by atoms with Crippen LogP contribution in [0.1, 0.15) is 41.0 Å². The third-order valence-electron chi connectivity index (χ3n) is 3.20. The van der Waals surface area contributed by atoms with Crippen molar-refractivity contribution in [3.63, 3.8) is 0 Å². The van der Waals surface area contributed by atoms with Gasteiger partial charge in [0.1, 0.15) is 5.75 Å². The minimum absolute atomic E-state index is 0.187. The van der Waals surface area contributed by atoms with Gasteiger partial charge >= 0.3 is 0 Å². The van der Waals surface area contributed by atoms with Gasteiger partial charge in [-0.05, 0) is 30.9 Å². The molecule has 18 heavy (non-hydrogen) atoms. The topological polar surface area (TPSA) is 47.3 Å². The molecule has 0 spiro atoms. The molecule has 102 valence electrons. The zero-order valence-electron chi connectivity index (χ0n) is 12.2. The highest BCUT2D eigenvalue weighted by Gasteiger charge is 2.20. The van der Waals surface area contributed by atoms with Gasteiger partial charge < -0.3 is 15.8 Å². The maximum Gasteiger partial charge on any atom is 0.144 e. The van der Waals surface area contributed by atoms with Crippen molar-refractivity contribution in [3.05, 3.63) is 18.2 Å². The Labute approximate surface area is 111 Å². The number of hydrogen-bond acceptors (Lipinski definition) is 3. The van der Waals surface area contributed by atoms with E-state index in [-0.39, 0.29) is 5.41 Å². The van der Waals surface area contributed by atoms with Crippen molar-refractivity contribution in [3.8, 4) is 5.75 Å². The average Bonchev–Trinajstić information content (AvgIpc) is 2.29. The largest absolute Gasteiger partial charge is 0.491 e. The molecule has 0 saturated carbocycles. The first-order valence-corrected chi connectivity index (χ1v) is 6.64. The number of nitrogens with one attached hydrogen (secondary N) is 1. The molecule has 0 aliphatic heterocycles. The van der Waals surface area contributed by atoms with Gasteiger partial charge in [-0.1, -0.05) is 33.8 Å². The second-order valence-electron chi connectivity index (χ2n) is 5.80. The molecule has 1 aromatic rings. The number of para-hydroxylation sites is 1. The number of hydrogen-bond donors (Lipinski definition) is 2. The van der Waals surface area contributed by atoms with E-state index in [0.29, 0.717) is 18.3 Å². The van der Waals surface area contributed by atoms with E-state index in [1.807, 2.05) is 18.2 Å². The molecular weight excluding hydrogens is 224 g/mol. The molecule has 3 nitrogen and oxygen atoms in total. The minimum Gasteiger partial charge on any atom is -0.491 e. The van der Waals surface area contributed by atoms with Crippen molar-refractivity contribution >= 4 is 11.4 Å². The predicted molar refractivity (Wildman–Crippen MR) is 79.2 cm³/mol. The van der Waals surface area contributed by atoms with Gasteiger partial charge in [0.05, 0.1) is 18.0 Å². The summed E-state index contributed by atoms with van der Waals surface area (Å²) >= 11 is 0. The molecule has 0 radical (unpaired) electrons. The summed E-state index contributed by atoms with van der Waals surface area (Å²) in [5, 5.41) is 3.46. The van der Waals surface area contributed by atoms with Gasteiger partial charge in [0, 0.05) is 6.04 Å². The molecular formula is C15H26N2O. The molecule has 0 amide bonds. The highest BCUT2D eigenvalue weighted by Crippen LogP contribution is 2.32. The molecule has 3 heteroatoms. The molecule has 0 aliphatic rings. The predicted octanol–water partition coefficient (Wildman–Crippen LogP) is 3.90. The van der Waals surface area contributed by atoms with Crippen molar-refractivity contribution in [1.29, 1.82) is 0 Å². The summed E-state index contributed by atoms with van der Waals surface area (Å²) in [6, 6.07) is 6.22. The molecule has 0 heterocycles. The molecule has 0 fully saturated rings. The maximum absolute atomic E-state index is 6.13. The van der Waals surface area contributed by atoms with Crippen molar-refractivity contribution in [1.82, 2.24) is 0 Å². The summed E-state index contributed by atoms with van der Waals surface area (Å²) in [5.41, 5.74) is 7.96. The summed E-state index contributed by atoms with van der Waals surface area (Å²) in [5.74, 6) is 0.767. The highest BCUT2D eigenvalue weighted by molar-refractivity contribution is 5.73. The second-order valence-corrected chi connectivity index (χ2v) is 5.80. The normalized spacial score (nSPS) is 13.2. The Hall–Kier alpha value is -1.38. The van der Waals surface area contributed by atoms with Gasteiger partial charge in [-0.25, -0.2) is 0 Å². The van der Waals surface area contributed by atoms with E-state index in [0.717, 1.165) is 17.9 Å². The summed E-state index contributed by atoms with van der Waals surface area (Å²) in [6.07, 6.45) is 0.982. The van der Waals surface area contributed by atoms with Gasteiger partial charge in [0.25, 0.3) is 0 Å². The SMILES string of the molecule is CCCOc1cccc(NC(C)C(C)(C)C)c1N. The zero-order chi connectivity index (χ0) is 13.8. The second kappa shape index (κ2) is 5.98. The van der Waals surface area contributed by atoms with Crippen molar-refractivity contribution in [2.75, 3.05) is 17.7 Å². The Morgan fingerprint density at radius 2 is 2.00 bits per heavy atom. The van der Waals surface area contributed by atoms with Crippen LogP contribution in [0, 0.1) is 5.41 Å². The Kier molecular flexibility index (Phi) is 4.88. The van der Waals surface area contributed by atoms with Crippen molar-refractivity contribution in [2.45, 2.75) is 47.1 Å². The Morgan fingerprint density at radius 1 is 1.33 bits per heavy atom. The maximum atomic E-state index is 6.13. The van der Waals surface area contributed by atoms with Gasteiger partial charge in [-0.15, -0.1) is 0 Å². The summed E-state index contributed by atoms with van der Waals surface area (Å²) < 4.78 is 5.63. The monoisotopic (exact) mass is 250 g/mol. The fraction of sp³-hybridized carbons (Fsp3) is 0.600. The fourth-order valence-corrected chi connectivity index (χ4v) is 1.46. The van der Waals surface area contributed by atoms with Crippen LogP contribution in [0.15, 0.2) is 18.2 Å². The van der Waals surface area contributed by atoms with E-state index in [9.17, 15) is 0 Å². The summed E-state index contributed by atoms with van der Waals surface area (Å²) in [6.45, 7) is 11.6. The lowest BCUT2D eigenvalue weighted by Crippen LogP contribution is -2.31. The Bertz CT molecular complexity index is 383. The highest BCUT2D eigenvalue weighted by atomic mass is 16.5. The van der Waals surface area contributed by atoms with Crippen LogP contribution in [0.3, 0.4) is 0 Å². The van der Waals surface area contributed by atoms with Crippen LogP contribution >= 0.6 is 0 Å². The number of ether oxygens (including phenoxy) is 1. The fourth-order valence-electron chi connectivity index (χ4n) is 1.46. The van der Waals surface area contributed by atoms with E-state index in [1.165, 1.54) is 0 Å². The lowest BCUT2D eigenvalue weighted by molar-refractivity contribution is 0.319. The first-order chi connectivity index (χ1) is 8.36. The van der Waals surface area contributed by atoms with Crippen LogP contribution in [0.4, 0.5) is 11.4 Å². The molecule has 0 aliphatic carbocycles. The van der Waals surface area contributed by atoms with E-state index in [1.54, 1.807) is 0 Å². The minimum atomic E-state index is 0.187. The molecule has 3 N–H and O–H groups in total. The van der Waals surface area contributed by atoms with Crippen LogP contribution in [0.2, 0.25) is 0 Å². The molecule has 1 aromatic carbocycles. The average molecular weight is 250 g/mol. The lowest BCUT2D eigenvalue weighted by atomic mass is 9.88. The number of benzene rings is 1. The van der Waals surface area contributed by atoms with E-state index >= 15 is 0 Å². The van der Waals surface area contributed by atoms with Crippen molar-refractivity contribution < 1.29 is 4.74 Å². The van der Waals surface area contributed by atoms with Gasteiger partial charge in [-0.2, -0.15) is 0 Å². The number of rotatable bonds is 5. The van der Waals surface area contributed by atoms with Crippen LogP contribution < -0.4 is 15.8 Å². The third-order valence-corrected chi connectivity index (χ3v) is 3.20. The van der Waals surface area contributed by atoms with Gasteiger partial charge in [-0.3, -0.25) is 0 Å². The molecule has 1 unspecified atom stereocenters. The molecule has 1 atom stereocenters. The summed E-state index contributed by atoms with van der Waals surface area (Å²) in [4.78, 5) is 0. The molecule has 0 bridgehead atoms. The zero-order valence-corrected chi connectivity index (χ0v) is 12.2. The smallest absolute Gasteiger partial charge is 0.144 e. The standard InChI is InChI=1S/C15H26N2O/c1-6-10-18-13-9-7-8-12(14(13)16)17-11(2)15(3,4)5/h7-9,11,17H,6,10,16H2,1-5H3.